The van der Waals surface area contributed by atoms with Gasteiger partial charge < -0.3 is 21.3 Å². The monoisotopic (exact) mass is 200 g/mol. The van der Waals surface area contributed by atoms with Gasteiger partial charge in [-0.15, -0.1) is 0 Å². The molecule has 4 heteroatoms. The maximum Gasteiger partial charge on any atom is 0.0105 e. The van der Waals surface area contributed by atoms with Gasteiger partial charge in [-0.3, -0.25) is 0 Å². The van der Waals surface area contributed by atoms with Crippen LogP contribution < -0.4 is 11.5 Å². The molecule has 0 aromatic carbocycles. The SMILES string of the molecule is NCCN1CCCN(CCN)CCC1. The van der Waals surface area contributed by atoms with Gasteiger partial charge in [0, 0.05) is 26.2 Å². The maximum absolute atomic E-state index is 5.56. The zero-order valence-corrected chi connectivity index (χ0v) is 9.12. The average Bonchev–Trinajstić information content (AvgIpc) is 2.13. The molecule has 1 fully saturated rings. The molecule has 0 atom stereocenters. The van der Waals surface area contributed by atoms with Crippen molar-refractivity contribution in [1.82, 2.24) is 9.80 Å². The first-order valence-corrected chi connectivity index (χ1v) is 5.71. The molecule has 4 nitrogen and oxygen atoms in total. The summed E-state index contributed by atoms with van der Waals surface area (Å²) in [4.78, 5) is 4.94. The Balaban J connectivity index is 2.20. The summed E-state index contributed by atoms with van der Waals surface area (Å²) in [5.41, 5.74) is 11.1. The Bertz CT molecular complexity index is 116. The van der Waals surface area contributed by atoms with Gasteiger partial charge in [0.25, 0.3) is 0 Å². The second kappa shape index (κ2) is 7.17. The Hall–Kier alpha value is -0.160. The summed E-state index contributed by atoms with van der Waals surface area (Å²) in [5, 5.41) is 0. The van der Waals surface area contributed by atoms with E-state index in [1.54, 1.807) is 0 Å². The lowest BCUT2D eigenvalue weighted by molar-refractivity contribution is 0.187. The summed E-state index contributed by atoms with van der Waals surface area (Å²) < 4.78 is 0. The fourth-order valence-corrected chi connectivity index (χ4v) is 2.07. The van der Waals surface area contributed by atoms with E-state index in [1.165, 1.54) is 39.0 Å². The summed E-state index contributed by atoms with van der Waals surface area (Å²) >= 11 is 0. The molecule has 1 rings (SSSR count). The molecule has 0 amide bonds. The molecule has 0 unspecified atom stereocenters. The van der Waals surface area contributed by atoms with Gasteiger partial charge in [0.1, 0.15) is 0 Å². The molecule has 0 spiro atoms. The van der Waals surface area contributed by atoms with Crippen molar-refractivity contribution in [2.45, 2.75) is 12.8 Å². The van der Waals surface area contributed by atoms with E-state index in [-0.39, 0.29) is 0 Å². The van der Waals surface area contributed by atoms with Gasteiger partial charge in [0.15, 0.2) is 0 Å². The van der Waals surface area contributed by atoms with E-state index in [9.17, 15) is 0 Å². The highest BCUT2D eigenvalue weighted by molar-refractivity contribution is 4.68. The molecule has 14 heavy (non-hydrogen) atoms. The summed E-state index contributed by atoms with van der Waals surface area (Å²) in [7, 11) is 0. The Morgan fingerprint density at radius 1 is 0.714 bits per heavy atom. The molecule has 0 aromatic rings. The molecule has 1 saturated heterocycles. The molecule has 1 aliphatic rings. The predicted octanol–water partition coefficient (Wildman–Crippen LogP) is -0.698. The van der Waals surface area contributed by atoms with Crippen LogP contribution in [-0.4, -0.2) is 62.2 Å². The van der Waals surface area contributed by atoms with Gasteiger partial charge in [-0.1, -0.05) is 0 Å². The summed E-state index contributed by atoms with van der Waals surface area (Å²) in [6.45, 7) is 8.44. The van der Waals surface area contributed by atoms with Crippen LogP contribution in [0, 0.1) is 0 Å². The minimum atomic E-state index is 0.784. The zero-order chi connectivity index (χ0) is 10.2. The molecule has 1 aliphatic heterocycles. The third-order valence-electron chi connectivity index (χ3n) is 2.79. The van der Waals surface area contributed by atoms with E-state index in [0.29, 0.717) is 0 Å². The summed E-state index contributed by atoms with van der Waals surface area (Å²) in [5.74, 6) is 0. The Morgan fingerprint density at radius 2 is 1.07 bits per heavy atom. The van der Waals surface area contributed by atoms with Crippen LogP contribution in [0.25, 0.3) is 0 Å². The van der Waals surface area contributed by atoms with E-state index in [4.69, 9.17) is 11.5 Å². The number of hydrogen-bond donors (Lipinski definition) is 2. The summed E-state index contributed by atoms with van der Waals surface area (Å²) in [6.07, 6.45) is 2.50. The highest BCUT2D eigenvalue weighted by atomic mass is 15.2. The van der Waals surface area contributed by atoms with E-state index in [2.05, 4.69) is 9.80 Å². The van der Waals surface area contributed by atoms with Gasteiger partial charge in [-0.05, 0) is 39.0 Å². The van der Waals surface area contributed by atoms with Crippen molar-refractivity contribution in [3.8, 4) is 0 Å². The Labute approximate surface area is 87.2 Å². The van der Waals surface area contributed by atoms with Gasteiger partial charge in [0.2, 0.25) is 0 Å². The lowest BCUT2D eigenvalue weighted by Crippen LogP contribution is -2.40. The van der Waals surface area contributed by atoms with Crippen LogP contribution in [0.5, 0.6) is 0 Å². The second-order valence-electron chi connectivity index (χ2n) is 3.97. The molecule has 0 aromatic heterocycles. The largest absolute Gasteiger partial charge is 0.329 e. The van der Waals surface area contributed by atoms with Crippen LogP contribution in [0.1, 0.15) is 12.8 Å². The van der Waals surface area contributed by atoms with Gasteiger partial charge in [-0.25, -0.2) is 0 Å². The highest BCUT2D eigenvalue weighted by Gasteiger charge is 2.11. The van der Waals surface area contributed by atoms with Crippen LogP contribution in [0.15, 0.2) is 0 Å². The predicted molar refractivity (Wildman–Crippen MR) is 60.2 cm³/mol. The molecule has 1 heterocycles. The topological polar surface area (TPSA) is 58.5 Å². The minimum absolute atomic E-state index is 0.784. The number of rotatable bonds is 4. The van der Waals surface area contributed by atoms with Crippen LogP contribution in [-0.2, 0) is 0 Å². The molecule has 4 N–H and O–H groups in total. The van der Waals surface area contributed by atoms with Gasteiger partial charge in [0.05, 0.1) is 0 Å². The number of hydrogen-bond acceptors (Lipinski definition) is 4. The van der Waals surface area contributed by atoms with Crippen LogP contribution in [0.2, 0.25) is 0 Å². The smallest absolute Gasteiger partial charge is 0.0105 e. The lowest BCUT2D eigenvalue weighted by atomic mass is 10.2. The molecule has 0 aliphatic carbocycles. The number of nitrogens with two attached hydrogens (primary N) is 2. The first kappa shape index (κ1) is 11.9. The standard InChI is InChI=1S/C10H24N4/c11-3-9-13-5-1-6-14(10-4-12)8-2-7-13/h1-12H2. The third kappa shape index (κ3) is 4.37. The molecule has 0 saturated carbocycles. The van der Waals surface area contributed by atoms with Crippen molar-refractivity contribution in [3.63, 3.8) is 0 Å². The highest BCUT2D eigenvalue weighted by Crippen LogP contribution is 2.02. The van der Waals surface area contributed by atoms with E-state index >= 15 is 0 Å². The molecule has 84 valence electrons. The van der Waals surface area contributed by atoms with Crippen molar-refractivity contribution < 1.29 is 0 Å². The average molecular weight is 200 g/mol. The van der Waals surface area contributed by atoms with Crippen molar-refractivity contribution in [2.75, 3.05) is 52.4 Å². The van der Waals surface area contributed by atoms with Crippen molar-refractivity contribution in [1.29, 1.82) is 0 Å². The van der Waals surface area contributed by atoms with Crippen LogP contribution in [0.4, 0.5) is 0 Å². The van der Waals surface area contributed by atoms with Gasteiger partial charge in [-0.2, -0.15) is 0 Å². The van der Waals surface area contributed by atoms with Gasteiger partial charge >= 0.3 is 0 Å². The van der Waals surface area contributed by atoms with Crippen LogP contribution in [0.3, 0.4) is 0 Å². The maximum atomic E-state index is 5.56. The molecular weight excluding hydrogens is 176 g/mol. The Morgan fingerprint density at radius 3 is 1.36 bits per heavy atom. The lowest BCUT2D eigenvalue weighted by Gasteiger charge is -2.29. The normalized spacial score (nSPS) is 21.9. The molecule has 0 radical (unpaired) electrons. The first-order chi connectivity index (χ1) is 6.86. The zero-order valence-electron chi connectivity index (χ0n) is 9.12. The third-order valence-corrected chi connectivity index (χ3v) is 2.79. The molecular formula is C10H24N4. The van der Waals surface area contributed by atoms with Crippen molar-refractivity contribution in [2.24, 2.45) is 11.5 Å². The fourth-order valence-electron chi connectivity index (χ4n) is 2.07. The first-order valence-electron chi connectivity index (χ1n) is 5.71. The van der Waals surface area contributed by atoms with Crippen molar-refractivity contribution >= 4 is 0 Å². The fraction of sp³-hybridized carbons (Fsp3) is 1.00. The second-order valence-corrected chi connectivity index (χ2v) is 3.97. The minimum Gasteiger partial charge on any atom is -0.329 e. The molecule has 0 bridgehead atoms. The van der Waals surface area contributed by atoms with E-state index in [1.807, 2.05) is 0 Å². The quantitative estimate of drug-likeness (QED) is 0.630. The van der Waals surface area contributed by atoms with E-state index < -0.39 is 0 Å². The van der Waals surface area contributed by atoms with Crippen LogP contribution >= 0.6 is 0 Å². The van der Waals surface area contributed by atoms with Crippen molar-refractivity contribution in [3.05, 3.63) is 0 Å². The Kier molecular flexibility index (Phi) is 6.10. The summed E-state index contributed by atoms with van der Waals surface area (Å²) in [6, 6.07) is 0. The number of nitrogens with zero attached hydrogens (tertiary/aromatic N) is 2. The van der Waals surface area contributed by atoms with E-state index in [0.717, 1.165) is 26.2 Å².